The molecule has 0 radical (unpaired) electrons. The Kier molecular flexibility index (Phi) is 5.27. The largest absolute Gasteiger partial charge is 0.493 e. The molecule has 0 saturated carbocycles. The van der Waals surface area contributed by atoms with Gasteiger partial charge in [0.1, 0.15) is 12.3 Å². The lowest BCUT2D eigenvalue weighted by atomic mass is 10.1. The predicted octanol–water partition coefficient (Wildman–Crippen LogP) is 3.56. The number of hydrogen-bond donors (Lipinski definition) is 1. The summed E-state index contributed by atoms with van der Waals surface area (Å²) in [6.07, 6.45) is 1.60. The number of carbonyl (C=O) groups excluding carboxylic acids is 2. The summed E-state index contributed by atoms with van der Waals surface area (Å²) in [6, 6.07) is 12.9. The highest BCUT2D eigenvalue weighted by molar-refractivity contribution is 9.10. The topological polar surface area (TPSA) is 67.9 Å². The Bertz CT molecular complexity index is 881. The number of likely N-dealkylation sites (N-methyl/N-ethyl adjacent to an activating group) is 1. The second-order valence-corrected chi connectivity index (χ2v) is 6.52. The van der Waals surface area contributed by atoms with Gasteiger partial charge in [-0.05, 0) is 45.3 Å². The number of methoxy groups -OCH3 is 1. The van der Waals surface area contributed by atoms with Crippen LogP contribution in [0.2, 0.25) is 0 Å². The van der Waals surface area contributed by atoms with Crippen molar-refractivity contribution in [2.75, 3.05) is 14.2 Å². The van der Waals surface area contributed by atoms with E-state index in [0.717, 1.165) is 10.5 Å². The zero-order valence-electron chi connectivity index (χ0n) is 14.3. The van der Waals surface area contributed by atoms with Crippen LogP contribution in [0.4, 0.5) is 4.79 Å². The van der Waals surface area contributed by atoms with Crippen LogP contribution in [-0.4, -0.2) is 31.0 Å². The van der Waals surface area contributed by atoms with Gasteiger partial charge in [-0.15, -0.1) is 0 Å². The van der Waals surface area contributed by atoms with Gasteiger partial charge in [0, 0.05) is 7.05 Å². The first kappa shape index (κ1) is 18.0. The van der Waals surface area contributed by atoms with Crippen LogP contribution in [0, 0.1) is 0 Å². The fourth-order valence-corrected chi connectivity index (χ4v) is 3.06. The number of ether oxygens (including phenoxy) is 2. The molecule has 26 heavy (non-hydrogen) atoms. The molecule has 7 heteroatoms. The average Bonchev–Trinajstić information content (AvgIpc) is 2.88. The number of benzene rings is 2. The SMILES string of the molecule is COc1cc(/C=C2/NC(=O)N(C)C2=O)cc(Br)c1OCc1ccccc1. The lowest BCUT2D eigenvalue weighted by Crippen LogP contribution is -2.25. The van der Waals surface area contributed by atoms with E-state index in [1.54, 1.807) is 25.3 Å². The monoisotopic (exact) mass is 416 g/mol. The van der Waals surface area contributed by atoms with Crippen LogP contribution in [0.5, 0.6) is 11.5 Å². The van der Waals surface area contributed by atoms with E-state index in [2.05, 4.69) is 21.2 Å². The van der Waals surface area contributed by atoms with Crippen molar-refractivity contribution in [2.45, 2.75) is 6.61 Å². The highest BCUT2D eigenvalue weighted by atomic mass is 79.9. The number of urea groups is 1. The number of imide groups is 1. The van der Waals surface area contributed by atoms with Crippen LogP contribution in [0.3, 0.4) is 0 Å². The molecule has 134 valence electrons. The number of nitrogens with one attached hydrogen (secondary N) is 1. The van der Waals surface area contributed by atoms with Gasteiger partial charge in [0.05, 0.1) is 11.6 Å². The lowest BCUT2D eigenvalue weighted by Gasteiger charge is -2.14. The summed E-state index contributed by atoms with van der Waals surface area (Å²) < 4.78 is 12.0. The van der Waals surface area contributed by atoms with Gasteiger partial charge in [-0.25, -0.2) is 4.79 Å². The van der Waals surface area contributed by atoms with Gasteiger partial charge in [-0.3, -0.25) is 9.69 Å². The molecule has 1 saturated heterocycles. The van der Waals surface area contributed by atoms with Crippen molar-refractivity contribution in [3.05, 3.63) is 63.8 Å². The highest BCUT2D eigenvalue weighted by Gasteiger charge is 2.30. The first-order valence-corrected chi connectivity index (χ1v) is 8.64. The Balaban J connectivity index is 1.86. The number of halogens is 1. The van der Waals surface area contributed by atoms with Crippen LogP contribution in [-0.2, 0) is 11.4 Å². The van der Waals surface area contributed by atoms with Crippen molar-refractivity contribution in [3.63, 3.8) is 0 Å². The summed E-state index contributed by atoms with van der Waals surface area (Å²) in [5.74, 6) is 0.708. The third-order valence-electron chi connectivity index (χ3n) is 3.87. The molecule has 0 spiro atoms. The number of rotatable bonds is 5. The van der Waals surface area contributed by atoms with E-state index < -0.39 is 6.03 Å². The summed E-state index contributed by atoms with van der Waals surface area (Å²) in [5.41, 5.74) is 1.94. The number of nitrogens with zero attached hydrogens (tertiary/aromatic N) is 1. The molecule has 0 atom stereocenters. The number of amides is 3. The third kappa shape index (κ3) is 3.72. The molecule has 1 aliphatic rings. The smallest absolute Gasteiger partial charge is 0.328 e. The molecular weight excluding hydrogens is 400 g/mol. The summed E-state index contributed by atoms with van der Waals surface area (Å²) in [4.78, 5) is 24.6. The van der Waals surface area contributed by atoms with E-state index in [-0.39, 0.29) is 11.6 Å². The van der Waals surface area contributed by atoms with E-state index >= 15 is 0 Å². The number of hydrogen-bond acceptors (Lipinski definition) is 4. The van der Waals surface area contributed by atoms with Crippen molar-refractivity contribution in [3.8, 4) is 11.5 Å². The van der Waals surface area contributed by atoms with Crippen molar-refractivity contribution < 1.29 is 19.1 Å². The van der Waals surface area contributed by atoms with Gasteiger partial charge in [-0.2, -0.15) is 0 Å². The minimum Gasteiger partial charge on any atom is -0.493 e. The van der Waals surface area contributed by atoms with Crippen LogP contribution in [0.25, 0.3) is 6.08 Å². The maximum absolute atomic E-state index is 12.0. The van der Waals surface area contributed by atoms with Crippen LogP contribution in [0.1, 0.15) is 11.1 Å². The highest BCUT2D eigenvalue weighted by Crippen LogP contribution is 2.37. The third-order valence-corrected chi connectivity index (χ3v) is 4.46. The maximum Gasteiger partial charge on any atom is 0.328 e. The van der Waals surface area contributed by atoms with Crippen LogP contribution < -0.4 is 14.8 Å². The average molecular weight is 417 g/mol. The molecule has 1 heterocycles. The van der Waals surface area contributed by atoms with Gasteiger partial charge in [0.15, 0.2) is 11.5 Å². The Morgan fingerprint density at radius 1 is 1.19 bits per heavy atom. The molecule has 0 bridgehead atoms. The van der Waals surface area contributed by atoms with Gasteiger partial charge >= 0.3 is 6.03 Å². The van der Waals surface area contributed by atoms with E-state index in [9.17, 15) is 9.59 Å². The lowest BCUT2D eigenvalue weighted by molar-refractivity contribution is -0.121. The molecule has 1 N–H and O–H groups in total. The number of carbonyl (C=O) groups is 2. The van der Waals surface area contributed by atoms with Crippen molar-refractivity contribution in [2.24, 2.45) is 0 Å². The molecule has 0 unspecified atom stereocenters. The Morgan fingerprint density at radius 2 is 1.92 bits per heavy atom. The van der Waals surface area contributed by atoms with E-state index in [1.807, 2.05) is 30.3 Å². The fraction of sp³-hybridized carbons (Fsp3) is 0.158. The standard InChI is InChI=1S/C19H17BrN2O4/c1-22-18(23)15(21-19(22)24)9-13-8-14(20)17(16(10-13)25-2)26-11-12-6-4-3-5-7-12/h3-10H,11H2,1-2H3,(H,21,24)/b15-9+. The van der Waals surface area contributed by atoms with Crippen molar-refractivity contribution >= 4 is 33.9 Å². The quantitative estimate of drug-likeness (QED) is 0.597. The second kappa shape index (κ2) is 7.61. The summed E-state index contributed by atoms with van der Waals surface area (Å²) in [7, 11) is 2.97. The molecule has 3 rings (SSSR count). The first-order valence-electron chi connectivity index (χ1n) is 7.84. The molecule has 3 amide bonds. The molecule has 2 aromatic carbocycles. The molecule has 6 nitrogen and oxygen atoms in total. The summed E-state index contributed by atoms with van der Waals surface area (Å²) in [6.45, 7) is 0.398. The summed E-state index contributed by atoms with van der Waals surface area (Å²) >= 11 is 3.48. The summed E-state index contributed by atoms with van der Waals surface area (Å²) in [5, 5.41) is 2.53. The predicted molar refractivity (Wildman–Crippen MR) is 101 cm³/mol. The van der Waals surface area contributed by atoms with E-state index in [1.165, 1.54) is 7.05 Å². The Hall–Kier alpha value is -2.80. The van der Waals surface area contributed by atoms with Gasteiger partial charge in [0.2, 0.25) is 0 Å². The molecule has 0 aromatic heterocycles. The second-order valence-electron chi connectivity index (χ2n) is 5.66. The van der Waals surface area contributed by atoms with Crippen molar-refractivity contribution in [1.82, 2.24) is 10.2 Å². The van der Waals surface area contributed by atoms with Gasteiger partial charge in [-0.1, -0.05) is 30.3 Å². The zero-order valence-corrected chi connectivity index (χ0v) is 15.9. The van der Waals surface area contributed by atoms with Gasteiger partial charge < -0.3 is 14.8 Å². The van der Waals surface area contributed by atoms with Crippen LogP contribution >= 0.6 is 15.9 Å². The maximum atomic E-state index is 12.0. The fourth-order valence-electron chi connectivity index (χ4n) is 2.48. The Labute approximate surface area is 159 Å². The van der Waals surface area contributed by atoms with Gasteiger partial charge in [0.25, 0.3) is 5.91 Å². The van der Waals surface area contributed by atoms with Crippen LogP contribution in [0.15, 0.2) is 52.6 Å². The van der Waals surface area contributed by atoms with E-state index in [0.29, 0.717) is 28.1 Å². The molecule has 0 aliphatic carbocycles. The Morgan fingerprint density at radius 3 is 2.54 bits per heavy atom. The van der Waals surface area contributed by atoms with Crippen molar-refractivity contribution in [1.29, 1.82) is 0 Å². The molecule has 1 fully saturated rings. The molecule has 1 aliphatic heterocycles. The minimum atomic E-state index is -0.449. The zero-order chi connectivity index (χ0) is 18.7. The molecular formula is C19H17BrN2O4. The van der Waals surface area contributed by atoms with E-state index in [4.69, 9.17) is 9.47 Å². The normalized spacial score (nSPS) is 15.3. The minimum absolute atomic E-state index is 0.212. The first-order chi connectivity index (χ1) is 12.5. The molecule has 2 aromatic rings.